The third-order valence-corrected chi connectivity index (χ3v) is 3.64. The highest BCUT2D eigenvalue weighted by molar-refractivity contribution is 14.0. The van der Waals surface area contributed by atoms with Gasteiger partial charge in [-0.1, -0.05) is 18.2 Å². The number of hydrogen-bond donors (Lipinski definition) is 3. The highest BCUT2D eigenvalue weighted by Gasteiger charge is 2.24. The Balaban J connectivity index is 0.00000784. The zero-order valence-electron chi connectivity index (χ0n) is 18.5. The normalized spacial score (nSPS) is 11.9. The number of amides is 1. The van der Waals surface area contributed by atoms with Crippen LogP contribution in [0.5, 0.6) is 5.75 Å². The number of carbonyl (C=O) groups excluding carboxylic acids is 1. The number of unbranched alkanes of at least 4 members (excludes halogenated alkanes) is 1. The van der Waals surface area contributed by atoms with Gasteiger partial charge in [0.05, 0.1) is 12.1 Å². The SMILES string of the molecule is CN=C(NCCCCOc1ccccc1)NCC(C)(C)NC(=O)OC(C)(C)C.I. The molecule has 3 N–H and O–H groups in total. The van der Waals surface area contributed by atoms with E-state index in [1.54, 1.807) is 7.05 Å². The molecule has 0 heterocycles. The molecular weight excluding hydrogens is 483 g/mol. The molecule has 29 heavy (non-hydrogen) atoms. The number of alkyl carbamates (subject to hydrolysis) is 1. The summed E-state index contributed by atoms with van der Waals surface area (Å²) in [5.41, 5.74) is -1.00. The van der Waals surface area contributed by atoms with Crippen molar-refractivity contribution in [2.45, 2.75) is 58.6 Å². The zero-order valence-corrected chi connectivity index (χ0v) is 20.8. The lowest BCUT2D eigenvalue weighted by Crippen LogP contribution is -2.54. The second-order valence-electron chi connectivity index (χ2n) is 8.23. The van der Waals surface area contributed by atoms with E-state index >= 15 is 0 Å². The number of halogens is 1. The third-order valence-electron chi connectivity index (χ3n) is 3.64. The minimum atomic E-state index is -0.518. The fraction of sp³-hybridized carbons (Fsp3) is 0.619. The molecule has 0 saturated carbocycles. The van der Waals surface area contributed by atoms with Crippen LogP contribution >= 0.6 is 24.0 Å². The summed E-state index contributed by atoms with van der Waals surface area (Å²) in [5.74, 6) is 1.59. The predicted octanol–water partition coefficient (Wildman–Crippen LogP) is 3.93. The molecule has 166 valence electrons. The van der Waals surface area contributed by atoms with Crippen LogP contribution in [0, 0.1) is 0 Å². The summed E-state index contributed by atoms with van der Waals surface area (Å²) in [6.45, 7) is 11.4. The van der Waals surface area contributed by atoms with Gasteiger partial charge in [-0.15, -0.1) is 24.0 Å². The van der Waals surface area contributed by atoms with Crippen molar-refractivity contribution >= 4 is 36.0 Å². The zero-order chi connectivity index (χ0) is 21.0. The van der Waals surface area contributed by atoms with E-state index in [1.165, 1.54) is 0 Å². The number of aliphatic imine (C=N–C) groups is 1. The predicted molar refractivity (Wildman–Crippen MR) is 129 cm³/mol. The summed E-state index contributed by atoms with van der Waals surface area (Å²) in [6.07, 6.45) is 1.48. The molecule has 0 saturated heterocycles. The molecule has 0 aliphatic heterocycles. The average molecular weight is 520 g/mol. The van der Waals surface area contributed by atoms with Gasteiger partial charge in [-0.25, -0.2) is 4.79 Å². The van der Waals surface area contributed by atoms with Crippen LogP contribution in [-0.4, -0.2) is 49.9 Å². The minimum absolute atomic E-state index is 0. The molecule has 1 rings (SSSR count). The maximum absolute atomic E-state index is 11.9. The van der Waals surface area contributed by atoms with Gasteiger partial charge in [-0.05, 0) is 59.6 Å². The first-order chi connectivity index (χ1) is 13.1. The second kappa shape index (κ2) is 13.5. The Morgan fingerprint density at radius 3 is 2.28 bits per heavy atom. The lowest BCUT2D eigenvalue weighted by atomic mass is 10.1. The van der Waals surface area contributed by atoms with Gasteiger partial charge in [0, 0.05) is 20.1 Å². The second-order valence-corrected chi connectivity index (χ2v) is 8.23. The Morgan fingerprint density at radius 2 is 1.69 bits per heavy atom. The number of ether oxygens (including phenoxy) is 2. The number of rotatable bonds is 9. The van der Waals surface area contributed by atoms with Crippen LogP contribution in [0.15, 0.2) is 35.3 Å². The monoisotopic (exact) mass is 520 g/mol. The summed E-state index contributed by atoms with van der Waals surface area (Å²) in [5, 5.41) is 9.37. The van der Waals surface area contributed by atoms with Gasteiger partial charge in [0.25, 0.3) is 0 Å². The van der Waals surface area contributed by atoms with Crippen molar-refractivity contribution in [1.29, 1.82) is 0 Å². The Hall–Kier alpha value is -1.71. The van der Waals surface area contributed by atoms with Gasteiger partial charge in [0.1, 0.15) is 11.4 Å². The first-order valence-corrected chi connectivity index (χ1v) is 9.75. The van der Waals surface area contributed by atoms with Gasteiger partial charge in [-0.3, -0.25) is 4.99 Å². The van der Waals surface area contributed by atoms with Gasteiger partial charge in [0.15, 0.2) is 5.96 Å². The average Bonchev–Trinajstić information content (AvgIpc) is 2.59. The van der Waals surface area contributed by atoms with Crippen LogP contribution in [0.4, 0.5) is 4.79 Å². The number of para-hydroxylation sites is 1. The van der Waals surface area contributed by atoms with Crippen LogP contribution in [-0.2, 0) is 4.74 Å². The standard InChI is InChI=1S/C21H36N4O3.HI/c1-20(2,3)28-19(26)25-21(4,5)16-24-18(22-6)23-14-10-11-15-27-17-12-8-7-9-13-17;/h7-9,12-13H,10-11,14-16H2,1-6H3,(H,25,26)(H2,22,23,24);1H. The van der Waals surface area contributed by atoms with E-state index in [0.717, 1.165) is 25.1 Å². The number of benzene rings is 1. The van der Waals surface area contributed by atoms with E-state index in [0.29, 0.717) is 19.1 Å². The summed E-state index contributed by atoms with van der Waals surface area (Å²) < 4.78 is 11.0. The van der Waals surface area contributed by atoms with Crippen molar-refractivity contribution in [3.8, 4) is 5.75 Å². The number of carbonyl (C=O) groups is 1. The van der Waals surface area contributed by atoms with E-state index in [1.807, 2.05) is 65.0 Å². The van der Waals surface area contributed by atoms with Crippen molar-refractivity contribution in [2.24, 2.45) is 4.99 Å². The fourth-order valence-electron chi connectivity index (χ4n) is 2.29. The highest BCUT2D eigenvalue weighted by atomic mass is 127. The van der Waals surface area contributed by atoms with Crippen LogP contribution < -0.4 is 20.7 Å². The van der Waals surface area contributed by atoms with Gasteiger partial charge < -0.3 is 25.4 Å². The molecule has 0 aromatic heterocycles. The molecule has 0 spiro atoms. The molecule has 0 aliphatic rings. The molecule has 0 fully saturated rings. The molecule has 0 unspecified atom stereocenters. The topological polar surface area (TPSA) is 84.0 Å². The quantitative estimate of drug-likeness (QED) is 0.199. The molecule has 0 aliphatic carbocycles. The molecule has 7 nitrogen and oxygen atoms in total. The van der Waals surface area contributed by atoms with E-state index in [4.69, 9.17) is 9.47 Å². The molecule has 1 aromatic rings. The van der Waals surface area contributed by atoms with Crippen LogP contribution in [0.3, 0.4) is 0 Å². The molecule has 0 radical (unpaired) electrons. The van der Waals surface area contributed by atoms with Crippen molar-refractivity contribution in [1.82, 2.24) is 16.0 Å². The summed E-state index contributed by atoms with van der Waals surface area (Å²) in [6, 6.07) is 9.81. The Bertz CT molecular complexity index is 616. The van der Waals surface area contributed by atoms with Gasteiger partial charge in [0.2, 0.25) is 0 Å². The van der Waals surface area contributed by atoms with E-state index in [2.05, 4.69) is 20.9 Å². The Morgan fingerprint density at radius 1 is 1.03 bits per heavy atom. The molecular formula is C21H37IN4O3. The molecule has 8 heteroatoms. The van der Waals surface area contributed by atoms with Crippen molar-refractivity contribution in [3.05, 3.63) is 30.3 Å². The summed E-state index contributed by atoms with van der Waals surface area (Å²) in [4.78, 5) is 16.2. The maximum atomic E-state index is 11.9. The number of hydrogen-bond acceptors (Lipinski definition) is 4. The fourth-order valence-corrected chi connectivity index (χ4v) is 2.29. The highest BCUT2D eigenvalue weighted by Crippen LogP contribution is 2.09. The van der Waals surface area contributed by atoms with E-state index < -0.39 is 17.2 Å². The third kappa shape index (κ3) is 14.0. The summed E-state index contributed by atoms with van der Waals surface area (Å²) >= 11 is 0. The van der Waals surface area contributed by atoms with Gasteiger partial charge >= 0.3 is 6.09 Å². The Labute approximate surface area is 192 Å². The number of nitrogens with zero attached hydrogens (tertiary/aromatic N) is 1. The van der Waals surface area contributed by atoms with E-state index in [-0.39, 0.29) is 24.0 Å². The maximum Gasteiger partial charge on any atom is 0.408 e. The molecule has 0 bridgehead atoms. The van der Waals surface area contributed by atoms with Crippen LogP contribution in [0.1, 0.15) is 47.5 Å². The molecule has 1 amide bonds. The number of nitrogens with one attached hydrogen (secondary N) is 3. The minimum Gasteiger partial charge on any atom is -0.494 e. The van der Waals surface area contributed by atoms with Crippen molar-refractivity contribution < 1.29 is 14.3 Å². The first-order valence-electron chi connectivity index (χ1n) is 9.75. The molecule has 1 aromatic carbocycles. The summed E-state index contributed by atoms with van der Waals surface area (Å²) in [7, 11) is 1.72. The number of guanidine groups is 1. The van der Waals surface area contributed by atoms with Crippen LogP contribution in [0.2, 0.25) is 0 Å². The molecule has 0 atom stereocenters. The lowest BCUT2D eigenvalue weighted by Gasteiger charge is -2.29. The largest absolute Gasteiger partial charge is 0.494 e. The van der Waals surface area contributed by atoms with Crippen LogP contribution in [0.25, 0.3) is 0 Å². The van der Waals surface area contributed by atoms with Crippen molar-refractivity contribution in [2.75, 3.05) is 26.7 Å². The lowest BCUT2D eigenvalue weighted by molar-refractivity contribution is 0.0474. The van der Waals surface area contributed by atoms with Crippen molar-refractivity contribution in [3.63, 3.8) is 0 Å². The van der Waals surface area contributed by atoms with Gasteiger partial charge in [-0.2, -0.15) is 0 Å². The Kier molecular flexibility index (Phi) is 12.7. The van der Waals surface area contributed by atoms with E-state index in [9.17, 15) is 4.79 Å². The smallest absolute Gasteiger partial charge is 0.408 e. The first kappa shape index (κ1) is 27.3.